The zero-order valence-corrected chi connectivity index (χ0v) is 13.0. The van der Waals surface area contributed by atoms with Crippen molar-refractivity contribution in [2.24, 2.45) is 0 Å². The molecule has 90 valence electrons. The molecule has 0 aliphatic carbocycles. The first kappa shape index (κ1) is 13.4. The van der Waals surface area contributed by atoms with Gasteiger partial charge in [0.05, 0.1) is 11.1 Å². The molecule has 0 radical (unpaired) electrons. The standard InChI is InChI=1S/C14H9NO3.Zn/c16-14(17)10-6-2-1-5-9(10)13-15-11-7-3-4-8-12(11)18-13;/h1-8H,(H,16,17);. The summed E-state index contributed by atoms with van der Waals surface area (Å²) in [5.41, 5.74) is 2.03. The van der Waals surface area contributed by atoms with E-state index in [9.17, 15) is 4.79 Å². The largest absolute Gasteiger partial charge is 0.478 e. The molecule has 0 unspecified atom stereocenters. The van der Waals surface area contributed by atoms with E-state index in [1.807, 2.05) is 18.2 Å². The van der Waals surface area contributed by atoms with Crippen molar-refractivity contribution in [3.8, 4) is 11.5 Å². The minimum atomic E-state index is -0.993. The normalized spacial score (nSPS) is 10.1. The Morgan fingerprint density at radius 1 is 1.05 bits per heavy atom. The van der Waals surface area contributed by atoms with Crippen LogP contribution in [-0.4, -0.2) is 16.1 Å². The predicted molar refractivity (Wildman–Crippen MR) is 66.4 cm³/mol. The van der Waals surface area contributed by atoms with Crippen molar-refractivity contribution in [3.05, 3.63) is 54.1 Å². The average molecular weight is 305 g/mol. The number of aromatic nitrogens is 1. The van der Waals surface area contributed by atoms with Gasteiger partial charge in [0.1, 0.15) is 5.52 Å². The maximum Gasteiger partial charge on any atom is 0.336 e. The molecule has 2 aromatic carbocycles. The third-order valence-electron chi connectivity index (χ3n) is 2.68. The van der Waals surface area contributed by atoms with Crippen molar-refractivity contribution >= 4 is 17.1 Å². The molecule has 5 heteroatoms. The number of carbonyl (C=O) groups is 1. The molecule has 0 fully saturated rings. The van der Waals surface area contributed by atoms with E-state index in [-0.39, 0.29) is 25.0 Å². The van der Waals surface area contributed by atoms with Crippen LogP contribution in [0.2, 0.25) is 0 Å². The molecule has 1 N–H and O–H groups in total. The number of hydrogen-bond acceptors (Lipinski definition) is 3. The molecule has 0 spiro atoms. The van der Waals surface area contributed by atoms with E-state index < -0.39 is 5.97 Å². The minimum absolute atomic E-state index is 0. The van der Waals surface area contributed by atoms with Gasteiger partial charge in [0, 0.05) is 19.5 Å². The Morgan fingerprint density at radius 2 is 1.74 bits per heavy atom. The second-order valence-corrected chi connectivity index (χ2v) is 3.84. The third-order valence-corrected chi connectivity index (χ3v) is 2.68. The monoisotopic (exact) mass is 303 g/mol. The number of fused-ring (bicyclic) bond motifs is 1. The maximum absolute atomic E-state index is 11.1. The number of rotatable bonds is 2. The summed E-state index contributed by atoms with van der Waals surface area (Å²) in [5.74, 6) is -0.665. The zero-order valence-electron chi connectivity index (χ0n) is 10.0. The second-order valence-electron chi connectivity index (χ2n) is 3.84. The van der Waals surface area contributed by atoms with Gasteiger partial charge in [-0.05, 0) is 24.3 Å². The minimum Gasteiger partial charge on any atom is -0.478 e. The van der Waals surface area contributed by atoms with Gasteiger partial charge in [-0.3, -0.25) is 0 Å². The predicted octanol–water partition coefficient (Wildman–Crippen LogP) is 3.19. The summed E-state index contributed by atoms with van der Waals surface area (Å²) in [5, 5.41) is 9.13. The Labute approximate surface area is 121 Å². The van der Waals surface area contributed by atoms with Gasteiger partial charge in [-0.2, -0.15) is 0 Å². The van der Waals surface area contributed by atoms with Crippen LogP contribution in [0.1, 0.15) is 10.4 Å². The summed E-state index contributed by atoms with van der Waals surface area (Å²) in [6, 6.07) is 14.0. The molecule has 0 aliphatic rings. The molecule has 0 bridgehead atoms. The fourth-order valence-electron chi connectivity index (χ4n) is 1.84. The van der Waals surface area contributed by atoms with Crippen LogP contribution in [0.4, 0.5) is 0 Å². The molecule has 4 nitrogen and oxygen atoms in total. The number of aromatic carboxylic acids is 1. The molecule has 0 amide bonds. The number of carboxylic acids is 1. The van der Waals surface area contributed by atoms with Crippen LogP contribution < -0.4 is 0 Å². The van der Waals surface area contributed by atoms with Gasteiger partial charge in [-0.1, -0.05) is 24.3 Å². The molecular weight excluding hydrogens is 296 g/mol. The van der Waals surface area contributed by atoms with Crippen LogP contribution in [0.25, 0.3) is 22.6 Å². The van der Waals surface area contributed by atoms with Gasteiger partial charge >= 0.3 is 5.97 Å². The Hall–Kier alpha value is -2.00. The van der Waals surface area contributed by atoms with Crippen molar-refractivity contribution < 1.29 is 33.8 Å². The first-order chi connectivity index (χ1) is 8.75. The fourth-order valence-corrected chi connectivity index (χ4v) is 1.84. The summed E-state index contributed by atoms with van der Waals surface area (Å²) < 4.78 is 5.57. The van der Waals surface area contributed by atoms with Crippen molar-refractivity contribution in [1.29, 1.82) is 0 Å². The van der Waals surface area contributed by atoms with Crippen molar-refractivity contribution in [2.45, 2.75) is 0 Å². The quantitative estimate of drug-likeness (QED) is 0.739. The first-order valence-electron chi connectivity index (χ1n) is 5.44. The number of benzene rings is 2. The number of hydrogen-bond donors (Lipinski definition) is 1. The van der Waals surface area contributed by atoms with Gasteiger partial charge < -0.3 is 9.52 Å². The molecule has 1 aromatic heterocycles. The Morgan fingerprint density at radius 3 is 2.47 bits per heavy atom. The summed E-state index contributed by atoms with van der Waals surface area (Å²) in [7, 11) is 0. The summed E-state index contributed by atoms with van der Waals surface area (Å²) in [4.78, 5) is 15.4. The van der Waals surface area contributed by atoms with Crippen LogP contribution in [0.3, 0.4) is 0 Å². The van der Waals surface area contributed by atoms with E-state index in [1.54, 1.807) is 24.3 Å². The summed E-state index contributed by atoms with van der Waals surface area (Å²) in [6.07, 6.45) is 0. The van der Waals surface area contributed by atoms with Crippen LogP contribution in [0, 0.1) is 0 Å². The van der Waals surface area contributed by atoms with Gasteiger partial charge in [-0.25, -0.2) is 9.78 Å². The molecule has 3 rings (SSSR count). The Balaban J connectivity index is 0.00000133. The average Bonchev–Trinajstić information content (AvgIpc) is 2.82. The van der Waals surface area contributed by atoms with E-state index in [2.05, 4.69) is 4.98 Å². The molecule has 0 atom stereocenters. The molecule has 0 saturated heterocycles. The van der Waals surface area contributed by atoms with E-state index >= 15 is 0 Å². The van der Waals surface area contributed by atoms with Crippen LogP contribution >= 0.6 is 0 Å². The molecule has 0 saturated carbocycles. The topological polar surface area (TPSA) is 63.3 Å². The SMILES string of the molecule is O=C(O)c1ccccc1-c1nc2ccccc2o1.[Zn]. The van der Waals surface area contributed by atoms with E-state index in [0.29, 0.717) is 22.6 Å². The van der Waals surface area contributed by atoms with Crippen LogP contribution in [0.15, 0.2) is 52.9 Å². The molecule has 0 aliphatic heterocycles. The van der Waals surface area contributed by atoms with E-state index in [4.69, 9.17) is 9.52 Å². The smallest absolute Gasteiger partial charge is 0.336 e. The Bertz CT molecular complexity index is 703. The fraction of sp³-hybridized carbons (Fsp3) is 0. The van der Waals surface area contributed by atoms with Gasteiger partial charge in [-0.15, -0.1) is 0 Å². The van der Waals surface area contributed by atoms with Gasteiger partial charge in [0.25, 0.3) is 0 Å². The molecule has 1 heterocycles. The number of oxazole rings is 1. The van der Waals surface area contributed by atoms with E-state index in [0.717, 1.165) is 0 Å². The number of para-hydroxylation sites is 2. The molecular formula is C14H9NO3Zn. The van der Waals surface area contributed by atoms with Crippen LogP contribution in [-0.2, 0) is 19.5 Å². The first-order valence-corrected chi connectivity index (χ1v) is 5.44. The maximum atomic E-state index is 11.1. The van der Waals surface area contributed by atoms with Crippen molar-refractivity contribution in [3.63, 3.8) is 0 Å². The summed E-state index contributed by atoms with van der Waals surface area (Å²) in [6.45, 7) is 0. The number of nitrogens with zero attached hydrogens (tertiary/aromatic N) is 1. The molecule has 3 aromatic rings. The zero-order chi connectivity index (χ0) is 12.5. The number of carboxylic acid groups (broad SMARTS) is 1. The summed E-state index contributed by atoms with van der Waals surface area (Å²) >= 11 is 0. The van der Waals surface area contributed by atoms with Crippen LogP contribution in [0.5, 0.6) is 0 Å². The third kappa shape index (κ3) is 2.42. The molecule has 19 heavy (non-hydrogen) atoms. The van der Waals surface area contributed by atoms with Crippen molar-refractivity contribution in [1.82, 2.24) is 4.98 Å². The van der Waals surface area contributed by atoms with Gasteiger partial charge in [0.15, 0.2) is 5.58 Å². The van der Waals surface area contributed by atoms with E-state index in [1.165, 1.54) is 6.07 Å². The van der Waals surface area contributed by atoms with Gasteiger partial charge in [0.2, 0.25) is 5.89 Å². The second kappa shape index (κ2) is 5.33. The van der Waals surface area contributed by atoms with Crippen molar-refractivity contribution in [2.75, 3.05) is 0 Å². The Kier molecular flexibility index (Phi) is 3.77.